The van der Waals surface area contributed by atoms with Crippen molar-refractivity contribution in [1.29, 1.82) is 0 Å². The largest absolute Gasteiger partial charge is 0.273 e. The zero-order valence-corrected chi connectivity index (χ0v) is 12.8. The second kappa shape index (κ2) is 3.29. The van der Waals surface area contributed by atoms with Crippen LogP contribution in [0.15, 0.2) is 30.3 Å². The van der Waals surface area contributed by atoms with Crippen LogP contribution >= 0.6 is 0 Å². The van der Waals surface area contributed by atoms with Gasteiger partial charge in [0.05, 0.1) is 4.92 Å². The SMILES string of the molecule is O=[N+]([O-])c1cc2c3c4c(ccc5c4c4c(ccc6c4c3c1C6)C5)C2. The van der Waals surface area contributed by atoms with Crippen LogP contribution in [0.5, 0.6) is 0 Å². The number of hydrogen-bond donors (Lipinski definition) is 0. The first-order chi connectivity index (χ1) is 11.7. The molecule has 0 atom stereocenters. The molecular formula is C21H11NO2. The van der Waals surface area contributed by atoms with E-state index < -0.39 is 0 Å². The van der Waals surface area contributed by atoms with Crippen molar-refractivity contribution in [2.45, 2.75) is 19.3 Å². The minimum atomic E-state index is -0.192. The summed E-state index contributed by atoms with van der Waals surface area (Å²) in [6, 6.07) is 10.8. The topological polar surface area (TPSA) is 43.1 Å². The van der Waals surface area contributed by atoms with Crippen molar-refractivity contribution in [1.82, 2.24) is 0 Å². The van der Waals surface area contributed by atoms with E-state index >= 15 is 0 Å². The van der Waals surface area contributed by atoms with Gasteiger partial charge in [-0.25, -0.2) is 0 Å². The third kappa shape index (κ3) is 0.995. The van der Waals surface area contributed by atoms with E-state index in [4.69, 9.17) is 0 Å². The van der Waals surface area contributed by atoms with E-state index in [9.17, 15) is 10.1 Å². The van der Waals surface area contributed by atoms with Crippen molar-refractivity contribution < 1.29 is 4.92 Å². The maximum absolute atomic E-state index is 11.7. The van der Waals surface area contributed by atoms with Crippen molar-refractivity contribution in [2.75, 3.05) is 0 Å². The van der Waals surface area contributed by atoms with Gasteiger partial charge in [0.1, 0.15) is 0 Å². The van der Waals surface area contributed by atoms with E-state index in [0.29, 0.717) is 12.1 Å². The van der Waals surface area contributed by atoms with Gasteiger partial charge in [0.2, 0.25) is 0 Å². The Hall–Kier alpha value is -2.94. The minimum absolute atomic E-state index is 0.192. The highest BCUT2D eigenvalue weighted by Crippen LogP contribution is 2.54. The number of hydrogen-bond acceptors (Lipinski definition) is 2. The van der Waals surface area contributed by atoms with Crippen LogP contribution in [-0.4, -0.2) is 4.92 Å². The monoisotopic (exact) mass is 309 g/mol. The molecule has 0 fully saturated rings. The van der Waals surface area contributed by atoms with Crippen LogP contribution < -0.4 is 0 Å². The molecule has 3 heteroatoms. The molecular weight excluding hydrogens is 298 g/mol. The fourth-order valence-corrected chi connectivity index (χ4v) is 5.52. The van der Waals surface area contributed by atoms with E-state index in [1.165, 1.54) is 54.6 Å². The molecule has 0 saturated carbocycles. The van der Waals surface area contributed by atoms with Crippen molar-refractivity contribution in [3.63, 3.8) is 0 Å². The van der Waals surface area contributed by atoms with Crippen LogP contribution in [0.1, 0.15) is 33.4 Å². The van der Waals surface area contributed by atoms with Crippen molar-refractivity contribution in [3.05, 3.63) is 73.8 Å². The van der Waals surface area contributed by atoms with Gasteiger partial charge in [-0.2, -0.15) is 0 Å². The molecule has 4 aromatic carbocycles. The number of rotatable bonds is 1. The fraction of sp³-hybridized carbons (Fsp3) is 0.143. The lowest BCUT2D eigenvalue weighted by molar-refractivity contribution is -0.385. The molecule has 0 N–H and O–H groups in total. The van der Waals surface area contributed by atoms with Gasteiger partial charge in [0.25, 0.3) is 5.69 Å². The summed E-state index contributed by atoms with van der Waals surface area (Å²) in [7, 11) is 0. The smallest absolute Gasteiger partial charge is 0.258 e. The first kappa shape index (κ1) is 11.6. The normalized spacial score (nSPS) is 15.3. The summed E-state index contributed by atoms with van der Waals surface area (Å²) in [5, 5.41) is 19.6. The van der Waals surface area contributed by atoms with Crippen LogP contribution in [0.4, 0.5) is 5.69 Å². The molecule has 3 aliphatic rings. The maximum Gasteiger partial charge on any atom is 0.273 e. The molecule has 0 aromatic heterocycles. The number of benzene rings is 4. The summed E-state index contributed by atoms with van der Waals surface area (Å²) in [6.07, 6.45) is 2.51. The third-order valence-corrected chi connectivity index (χ3v) is 6.32. The molecule has 0 amide bonds. The zero-order valence-electron chi connectivity index (χ0n) is 12.8. The van der Waals surface area contributed by atoms with E-state index in [1.807, 2.05) is 6.07 Å². The van der Waals surface area contributed by atoms with Crippen molar-refractivity contribution >= 4 is 38.0 Å². The average molecular weight is 309 g/mol. The second-order valence-electron chi connectivity index (χ2n) is 7.34. The predicted molar refractivity (Wildman–Crippen MR) is 94.0 cm³/mol. The molecule has 3 aliphatic carbocycles. The summed E-state index contributed by atoms with van der Waals surface area (Å²) < 4.78 is 0. The molecule has 0 saturated heterocycles. The first-order valence-electron chi connectivity index (χ1n) is 8.36. The highest BCUT2D eigenvalue weighted by molar-refractivity contribution is 6.33. The number of nitro benzene ring substituents is 1. The molecule has 0 radical (unpaired) electrons. The van der Waals surface area contributed by atoms with Gasteiger partial charge in [0.15, 0.2) is 0 Å². The minimum Gasteiger partial charge on any atom is -0.258 e. The second-order valence-corrected chi connectivity index (χ2v) is 7.34. The maximum atomic E-state index is 11.7. The lowest BCUT2D eigenvalue weighted by Crippen LogP contribution is -1.96. The standard InChI is InChI=1S/C21H11NO2/c23-22(24)15-8-13-6-11-2-1-9-5-10-3-4-12-7-14(15)21-19(12)17(10)16(9)18(11)20(13)21/h1-4,8H,5-7H2. The molecule has 0 heterocycles. The molecule has 0 bridgehead atoms. The summed E-state index contributed by atoms with van der Waals surface area (Å²) in [5.41, 5.74) is 7.78. The number of nitrogens with zero attached hydrogens (tertiary/aromatic N) is 1. The van der Waals surface area contributed by atoms with Crippen molar-refractivity contribution in [2.24, 2.45) is 0 Å². The van der Waals surface area contributed by atoms with Crippen LogP contribution in [-0.2, 0) is 19.3 Å². The highest BCUT2D eigenvalue weighted by atomic mass is 16.6. The fourth-order valence-electron chi connectivity index (χ4n) is 5.52. The Kier molecular flexibility index (Phi) is 1.59. The Morgan fingerprint density at radius 3 is 1.71 bits per heavy atom. The summed E-state index contributed by atoms with van der Waals surface area (Å²) in [6.45, 7) is 0. The Morgan fingerprint density at radius 1 is 0.667 bits per heavy atom. The molecule has 24 heavy (non-hydrogen) atoms. The van der Waals surface area contributed by atoms with Crippen LogP contribution in [0, 0.1) is 10.1 Å². The Labute approximate surface area is 136 Å². The molecule has 0 aliphatic heterocycles. The summed E-state index contributed by atoms with van der Waals surface area (Å²) in [5.74, 6) is 0. The van der Waals surface area contributed by atoms with Crippen LogP contribution in [0.25, 0.3) is 32.3 Å². The van der Waals surface area contributed by atoms with Gasteiger partial charge in [-0.05, 0) is 67.6 Å². The van der Waals surface area contributed by atoms with Gasteiger partial charge in [-0.15, -0.1) is 0 Å². The lowest BCUT2D eigenvalue weighted by Gasteiger charge is -2.09. The Bertz CT molecular complexity index is 1310. The third-order valence-electron chi connectivity index (χ3n) is 6.32. The first-order valence-corrected chi connectivity index (χ1v) is 8.36. The van der Waals surface area contributed by atoms with Crippen LogP contribution in [0.2, 0.25) is 0 Å². The Morgan fingerprint density at radius 2 is 1.12 bits per heavy atom. The van der Waals surface area contributed by atoms with E-state index in [0.717, 1.165) is 24.0 Å². The molecule has 3 nitrogen and oxygen atoms in total. The van der Waals surface area contributed by atoms with E-state index in [2.05, 4.69) is 24.3 Å². The molecule has 112 valence electrons. The zero-order chi connectivity index (χ0) is 15.7. The van der Waals surface area contributed by atoms with E-state index in [-0.39, 0.29) is 4.92 Å². The lowest BCUT2D eigenvalue weighted by atomic mass is 9.94. The van der Waals surface area contributed by atoms with Gasteiger partial charge in [-0.1, -0.05) is 24.3 Å². The van der Waals surface area contributed by atoms with E-state index in [1.54, 1.807) is 0 Å². The quantitative estimate of drug-likeness (QED) is 0.249. The number of nitro groups is 1. The van der Waals surface area contributed by atoms with Crippen molar-refractivity contribution in [3.8, 4) is 0 Å². The van der Waals surface area contributed by atoms with Crippen LogP contribution in [0.3, 0.4) is 0 Å². The van der Waals surface area contributed by atoms with Gasteiger partial charge < -0.3 is 0 Å². The molecule has 7 rings (SSSR count). The van der Waals surface area contributed by atoms with Gasteiger partial charge >= 0.3 is 0 Å². The predicted octanol–water partition coefficient (Wildman–Crippen LogP) is 4.77. The molecule has 4 aromatic rings. The Balaban J connectivity index is 1.93. The van der Waals surface area contributed by atoms with Gasteiger partial charge in [-0.3, -0.25) is 10.1 Å². The summed E-state index contributed by atoms with van der Waals surface area (Å²) in [4.78, 5) is 11.5. The highest BCUT2D eigenvalue weighted by Gasteiger charge is 2.34. The molecule has 0 unspecified atom stereocenters. The van der Waals surface area contributed by atoms with Gasteiger partial charge in [0, 0.05) is 23.4 Å². The average Bonchev–Trinajstić information content (AvgIpc) is 3.21. The molecule has 0 spiro atoms. The summed E-state index contributed by atoms with van der Waals surface area (Å²) >= 11 is 0.